The van der Waals surface area contributed by atoms with Gasteiger partial charge in [0.05, 0.1) is 19.9 Å². The number of halogens is 1. The Hall–Kier alpha value is -1.97. The Morgan fingerprint density at radius 3 is 2.54 bits per heavy atom. The van der Waals surface area contributed by atoms with Gasteiger partial charge in [0.15, 0.2) is 5.96 Å². The number of hydrogen-bond acceptors (Lipinski definition) is 4. The van der Waals surface area contributed by atoms with E-state index in [-0.39, 0.29) is 24.0 Å². The van der Waals surface area contributed by atoms with Crippen LogP contribution in [0.25, 0.3) is 0 Å². The van der Waals surface area contributed by atoms with Crippen LogP contribution in [-0.2, 0) is 20.1 Å². The first-order valence-corrected chi connectivity index (χ1v) is 9.04. The number of hydrogen-bond donors (Lipinski definition) is 1. The average Bonchev–Trinajstić information content (AvgIpc) is 3.02. The summed E-state index contributed by atoms with van der Waals surface area (Å²) >= 11 is 0. The molecule has 1 N–H and O–H groups in total. The molecule has 0 fully saturated rings. The summed E-state index contributed by atoms with van der Waals surface area (Å²) in [5.74, 6) is 2.75. The minimum atomic E-state index is 0. The second-order valence-corrected chi connectivity index (χ2v) is 6.80. The molecule has 1 aromatic carbocycles. The molecule has 0 atom stereocenters. The Morgan fingerprint density at radius 1 is 1.25 bits per heavy atom. The molecule has 2 rings (SSSR count). The van der Waals surface area contributed by atoms with E-state index in [4.69, 9.17) is 9.47 Å². The van der Waals surface area contributed by atoms with Gasteiger partial charge in [-0.05, 0) is 18.1 Å². The molecule has 0 unspecified atom stereocenters. The SMILES string of the molecule is CN=C(NCc1ccc(OC)cc1OC)N(C)Cc1cn(C)nc1C(C)C.I. The minimum Gasteiger partial charge on any atom is -0.497 e. The third-order valence-corrected chi connectivity index (χ3v) is 4.40. The van der Waals surface area contributed by atoms with Crippen LogP contribution in [0, 0.1) is 0 Å². The number of rotatable bonds is 7. The van der Waals surface area contributed by atoms with E-state index in [0.717, 1.165) is 35.3 Å². The normalized spacial score (nSPS) is 11.2. The van der Waals surface area contributed by atoms with E-state index in [9.17, 15) is 0 Å². The zero-order chi connectivity index (χ0) is 20.0. The van der Waals surface area contributed by atoms with Crippen LogP contribution in [-0.4, -0.2) is 49.0 Å². The summed E-state index contributed by atoms with van der Waals surface area (Å²) in [6.45, 7) is 5.67. The lowest BCUT2D eigenvalue weighted by atomic mass is 10.1. The van der Waals surface area contributed by atoms with Crippen molar-refractivity contribution in [3.63, 3.8) is 0 Å². The van der Waals surface area contributed by atoms with E-state index < -0.39 is 0 Å². The van der Waals surface area contributed by atoms with Crippen LogP contribution in [0.2, 0.25) is 0 Å². The number of aromatic nitrogens is 2. The van der Waals surface area contributed by atoms with Crippen LogP contribution in [0.1, 0.15) is 36.6 Å². The number of ether oxygens (including phenoxy) is 2. The van der Waals surface area contributed by atoms with Gasteiger partial charge in [-0.25, -0.2) is 0 Å². The van der Waals surface area contributed by atoms with Gasteiger partial charge in [-0.3, -0.25) is 9.67 Å². The molecule has 0 aliphatic heterocycles. The fourth-order valence-corrected chi connectivity index (χ4v) is 3.05. The number of aliphatic imine (C=N–C) groups is 1. The van der Waals surface area contributed by atoms with Crippen molar-refractivity contribution in [3.8, 4) is 11.5 Å². The molecular weight excluding hydrogens is 469 g/mol. The average molecular weight is 501 g/mol. The highest BCUT2D eigenvalue weighted by Gasteiger charge is 2.15. The Bertz CT molecular complexity index is 789. The highest BCUT2D eigenvalue weighted by Crippen LogP contribution is 2.24. The van der Waals surface area contributed by atoms with Gasteiger partial charge in [-0.1, -0.05) is 13.8 Å². The van der Waals surface area contributed by atoms with Crippen molar-refractivity contribution >= 4 is 29.9 Å². The topological polar surface area (TPSA) is 63.9 Å². The monoisotopic (exact) mass is 501 g/mol. The van der Waals surface area contributed by atoms with Gasteiger partial charge in [0.1, 0.15) is 11.5 Å². The number of nitrogens with zero attached hydrogens (tertiary/aromatic N) is 4. The van der Waals surface area contributed by atoms with Crippen molar-refractivity contribution in [1.29, 1.82) is 0 Å². The number of nitrogens with one attached hydrogen (secondary N) is 1. The Kier molecular flexibility index (Phi) is 9.57. The summed E-state index contributed by atoms with van der Waals surface area (Å²) in [5, 5.41) is 7.98. The first kappa shape index (κ1) is 24.1. The van der Waals surface area contributed by atoms with Crippen molar-refractivity contribution in [2.45, 2.75) is 32.9 Å². The van der Waals surface area contributed by atoms with Crippen molar-refractivity contribution in [2.24, 2.45) is 12.0 Å². The smallest absolute Gasteiger partial charge is 0.193 e. The maximum absolute atomic E-state index is 5.47. The van der Waals surface area contributed by atoms with Gasteiger partial charge in [0.2, 0.25) is 0 Å². The van der Waals surface area contributed by atoms with Crippen LogP contribution >= 0.6 is 24.0 Å². The molecule has 1 aromatic heterocycles. The lowest BCUT2D eigenvalue weighted by Crippen LogP contribution is -2.38. The van der Waals surface area contributed by atoms with Crippen LogP contribution in [0.5, 0.6) is 11.5 Å². The quantitative estimate of drug-likeness (QED) is 0.358. The third-order valence-electron chi connectivity index (χ3n) is 4.40. The van der Waals surface area contributed by atoms with Crippen LogP contribution in [0.3, 0.4) is 0 Å². The first-order chi connectivity index (χ1) is 12.9. The first-order valence-electron chi connectivity index (χ1n) is 9.04. The molecule has 28 heavy (non-hydrogen) atoms. The lowest BCUT2D eigenvalue weighted by molar-refractivity contribution is 0.390. The maximum atomic E-state index is 5.47. The zero-order valence-electron chi connectivity index (χ0n) is 17.8. The largest absolute Gasteiger partial charge is 0.497 e. The molecule has 2 aromatic rings. The van der Waals surface area contributed by atoms with Crippen molar-refractivity contribution in [1.82, 2.24) is 20.0 Å². The summed E-state index contributed by atoms with van der Waals surface area (Å²) < 4.78 is 12.6. The number of methoxy groups -OCH3 is 2. The molecule has 7 nitrogen and oxygen atoms in total. The molecule has 0 saturated carbocycles. The number of aryl methyl sites for hydroxylation is 1. The fourth-order valence-electron chi connectivity index (χ4n) is 3.05. The van der Waals surface area contributed by atoms with Crippen molar-refractivity contribution in [3.05, 3.63) is 41.2 Å². The summed E-state index contributed by atoms with van der Waals surface area (Å²) in [5.41, 5.74) is 3.37. The summed E-state index contributed by atoms with van der Waals surface area (Å²) in [4.78, 5) is 6.50. The molecule has 0 spiro atoms. The highest BCUT2D eigenvalue weighted by molar-refractivity contribution is 14.0. The third kappa shape index (κ3) is 6.02. The summed E-state index contributed by atoms with van der Waals surface area (Å²) in [7, 11) is 9.08. The Balaban J connectivity index is 0.00000392. The minimum absolute atomic E-state index is 0. The van der Waals surface area contributed by atoms with Gasteiger partial charge >= 0.3 is 0 Å². The van der Waals surface area contributed by atoms with E-state index in [2.05, 4.69) is 40.4 Å². The molecule has 1 heterocycles. The zero-order valence-corrected chi connectivity index (χ0v) is 20.1. The summed E-state index contributed by atoms with van der Waals surface area (Å²) in [6.07, 6.45) is 2.08. The molecule has 156 valence electrons. The molecule has 8 heteroatoms. The molecule has 0 aliphatic rings. The fraction of sp³-hybridized carbons (Fsp3) is 0.500. The van der Waals surface area contributed by atoms with E-state index in [1.165, 1.54) is 5.56 Å². The standard InChI is InChI=1S/C20H31N5O2.HI/c1-14(2)19-16(13-25(5)23-19)12-24(4)20(21-3)22-11-15-8-9-17(26-6)10-18(15)27-7;/h8-10,13-14H,11-12H2,1-7H3,(H,21,22);1H. The second-order valence-electron chi connectivity index (χ2n) is 6.80. The Labute approximate surface area is 185 Å². The molecule has 0 radical (unpaired) electrons. The van der Waals surface area contributed by atoms with E-state index in [1.807, 2.05) is 37.0 Å². The van der Waals surface area contributed by atoms with Crippen LogP contribution < -0.4 is 14.8 Å². The van der Waals surface area contributed by atoms with E-state index in [0.29, 0.717) is 12.5 Å². The summed E-state index contributed by atoms with van der Waals surface area (Å²) in [6, 6.07) is 5.81. The highest BCUT2D eigenvalue weighted by atomic mass is 127. The van der Waals surface area contributed by atoms with Gasteiger partial charge in [-0.2, -0.15) is 5.10 Å². The van der Waals surface area contributed by atoms with Gasteiger partial charge in [0, 0.05) is 57.6 Å². The number of guanidine groups is 1. The van der Waals surface area contributed by atoms with Gasteiger partial charge < -0.3 is 19.7 Å². The molecule has 0 saturated heterocycles. The molecule has 0 aliphatic carbocycles. The lowest BCUT2D eigenvalue weighted by Gasteiger charge is -2.23. The molecular formula is C20H32IN5O2. The Morgan fingerprint density at radius 2 is 1.96 bits per heavy atom. The predicted molar refractivity (Wildman–Crippen MR) is 124 cm³/mol. The predicted octanol–water partition coefficient (Wildman–Crippen LogP) is 3.39. The van der Waals surface area contributed by atoms with E-state index in [1.54, 1.807) is 21.3 Å². The second kappa shape index (κ2) is 11.1. The maximum Gasteiger partial charge on any atom is 0.193 e. The van der Waals surface area contributed by atoms with Gasteiger partial charge in [0.25, 0.3) is 0 Å². The molecule has 0 amide bonds. The number of benzene rings is 1. The van der Waals surface area contributed by atoms with Crippen molar-refractivity contribution in [2.75, 3.05) is 28.3 Å². The van der Waals surface area contributed by atoms with E-state index >= 15 is 0 Å². The van der Waals surface area contributed by atoms with Crippen LogP contribution in [0.15, 0.2) is 29.4 Å². The van der Waals surface area contributed by atoms with Crippen LogP contribution in [0.4, 0.5) is 0 Å². The van der Waals surface area contributed by atoms with Crippen molar-refractivity contribution < 1.29 is 9.47 Å². The molecule has 0 bridgehead atoms. The van der Waals surface area contributed by atoms with Gasteiger partial charge in [-0.15, -0.1) is 24.0 Å².